The summed E-state index contributed by atoms with van der Waals surface area (Å²) in [6.45, 7) is 2.03. The van der Waals surface area contributed by atoms with E-state index in [2.05, 4.69) is 30.5 Å². The van der Waals surface area contributed by atoms with E-state index in [9.17, 15) is 9.59 Å². The molecule has 2 aromatic rings. The summed E-state index contributed by atoms with van der Waals surface area (Å²) in [6.07, 6.45) is 4.63. The molecule has 8 nitrogen and oxygen atoms in total. The minimum absolute atomic E-state index is 0.167. The Hall–Kier alpha value is -2.55. The van der Waals surface area contributed by atoms with Gasteiger partial charge in [0.1, 0.15) is 0 Å². The molecule has 1 aromatic heterocycles. The number of aromatic nitrogens is 3. The van der Waals surface area contributed by atoms with E-state index in [0.717, 1.165) is 37.0 Å². The molecule has 0 atom stereocenters. The van der Waals surface area contributed by atoms with Crippen LogP contribution < -0.4 is 15.8 Å². The Morgan fingerprint density at radius 2 is 1.81 bits per heavy atom. The monoisotopic (exact) mass is 386 g/mol. The second-order valence-corrected chi connectivity index (χ2v) is 7.68. The van der Waals surface area contributed by atoms with E-state index in [1.165, 1.54) is 24.6 Å². The molecule has 2 heterocycles. The predicted molar refractivity (Wildman–Crippen MR) is 103 cm³/mol. The largest absolute Gasteiger partial charge is 0.341 e. The number of hydrogen-bond acceptors (Lipinski definition) is 6. The summed E-state index contributed by atoms with van der Waals surface area (Å²) in [5.74, 6) is 0.471. The second-order valence-electron chi connectivity index (χ2n) is 6.73. The van der Waals surface area contributed by atoms with E-state index in [1.54, 1.807) is 24.3 Å². The van der Waals surface area contributed by atoms with Crippen LogP contribution in [-0.4, -0.2) is 45.4 Å². The van der Waals surface area contributed by atoms with Crippen molar-refractivity contribution in [1.82, 2.24) is 25.6 Å². The summed E-state index contributed by atoms with van der Waals surface area (Å²) in [4.78, 5) is 26.3. The molecule has 2 N–H and O–H groups in total. The predicted octanol–water partition coefficient (Wildman–Crippen LogP) is 1.77. The van der Waals surface area contributed by atoms with Crippen molar-refractivity contribution in [3.8, 4) is 0 Å². The van der Waals surface area contributed by atoms with Crippen LogP contribution in [0.4, 0.5) is 5.95 Å². The number of carbonyl (C=O) groups is 2. The summed E-state index contributed by atoms with van der Waals surface area (Å²) in [5, 5.41) is 9.44. The highest BCUT2D eigenvalue weighted by atomic mass is 32.2. The molecule has 1 aromatic carbocycles. The third-order valence-corrected chi connectivity index (χ3v) is 5.57. The molecule has 0 bridgehead atoms. The second kappa shape index (κ2) is 7.99. The van der Waals surface area contributed by atoms with Gasteiger partial charge >= 0.3 is 0 Å². The number of thioether (sulfide) groups is 1. The Morgan fingerprint density at radius 3 is 2.52 bits per heavy atom. The van der Waals surface area contributed by atoms with Gasteiger partial charge in [-0.15, -0.1) is 10.2 Å². The maximum atomic E-state index is 12.1. The normalized spacial score (nSPS) is 16.4. The number of benzene rings is 1. The van der Waals surface area contributed by atoms with E-state index in [0.29, 0.717) is 11.6 Å². The van der Waals surface area contributed by atoms with E-state index >= 15 is 0 Å². The van der Waals surface area contributed by atoms with Crippen LogP contribution >= 0.6 is 11.8 Å². The molecule has 2 aliphatic rings. The minimum atomic E-state index is -0.341. The number of anilines is 1. The number of nitrogens with zero attached hydrogens (tertiary/aromatic N) is 4. The maximum absolute atomic E-state index is 12.1. The zero-order chi connectivity index (χ0) is 18.6. The lowest BCUT2D eigenvalue weighted by Gasteiger charge is -2.17. The highest BCUT2D eigenvalue weighted by Crippen LogP contribution is 2.41. The molecular weight excluding hydrogens is 364 g/mol. The van der Waals surface area contributed by atoms with Gasteiger partial charge in [0, 0.05) is 24.7 Å². The molecule has 0 radical (unpaired) electrons. The molecule has 1 aliphatic carbocycles. The van der Waals surface area contributed by atoms with Crippen molar-refractivity contribution in [3.05, 3.63) is 35.9 Å². The summed E-state index contributed by atoms with van der Waals surface area (Å²) < 4.78 is 2.17. The zero-order valence-electron chi connectivity index (χ0n) is 14.9. The van der Waals surface area contributed by atoms with Gasteiger partial charge in [0.15, 0.2) is 5.16 Å². The standard InChI is InChI=1S/C18H22N6O2S/c25-15(19-20-16(26)13-6-2-1-3-7-13)12-27-18-22-21-17(23-10-4-5-11-23)24(18)14-8-9-14/h1-3,6-7,14H,4-5,8-12H2,(H,19,25)(H,20,26). The van der Waals surface area contributed by atoms with Gasteiger partial charge in [-0.05, 0) is 37.8 Å². The number of nitrogens with one attached hydrogen (secondary N) is 2. The Morgan fingerprint density at radius 1 is 1.07 bits per heavy atom. The molecule has 4 rings (SSSR count). The molecule has 2 fully saturated rings. The number of hydrazine groups is 1. The highest BCUT2D eigenvalue weighted by Gasteiger charge is 2.32. The molecule has 9 heteroatoms. The van der Waals surface area contributed by atoms with Crippen LogP contribution in [0.3, 0.4) is 0 Å². The lowest BCUT2D eigenvalue weighted by atomic mass is 10.2. The van der Waals surface area contributed by atoms with Crippen molar-refractivity contribution in [3.63, 3.8) is 0 Å². The fourth-order valence-electron chi connectivity index (χ4n) is 3.11. The lowest BCUT2D eigenvalue weighted by molar-refractivity contribution is -0.119. The van der Waals surface area contributed by atoms with Crippen LogP contribution in [0.5, 0.6) is 0 Å². The molecular formula is C18H22N6O2S. The van der Waals surface area contributed by atoms with E-state index in [4.69, 9.17) is 0 Å². The Kier molecular flexibility index (Phi) is 5.28. The zero-order valence-corrected chi connectivity index (χ0v) is 15.7. The van der Waals surface area contributed by atoms with Crippen LogP contribution in [-0.2, 0) is 4.79 Å². The van der Waals surface area contributed by atoms with Gasteiger partial charge in [-0.3, -0.25) is 25.0 Å². The maximum Gasteiger partial charge on any atom is 0.269 e. The van der Waals surface area contributed by atoms with Crippen molar-refractivity contribution in [2.75, 3.05) is 23.7 Å². The van der Waals surface area contributed by atoms with Crippen LogP contribution in [0.25, 0.3) is 0 Å². The van der Waals surface area contributed by atoms with Crippen LogP contribution in [0.1, 0.15) is 42.1 Å². The van der Waals surface area contributed by atoms with Gasteiger partial charge in [0.25, 0.3) is 5.91 Å². The highest BCUT2D eigenvalue weighted by molar-refractivity contribution is 7.99. The quantitative estimate of drug-likeness (QED) is 0.581. The lowest BCUT2D eigenvalue weighted by Crippen LogP contribution is -2.42. The van der Waals surface area contributed by atoms with Crippen molar-refractivity contribution >= 4 is 29.5 Å². The molecule has 0 unspecified atom stereocenters. The van der Waals surface area contributed by atoms with Gasteiger partial charge in [0.05, 0.1) is 5.75 Å². The van der Waals surface area contributed by atoms with Crippen molar-refractivity contribution in [2.24, 2.45) is 0 Å². The fraction of sp³-hybridized carbons (Fsp3) is 0.444. The first-order chi connectivity index (χ1) is 13.2. The molecule has 2 amide bonds. The third kappa shape index (κ3) is 4.24. The first kappa shape index (κ1) is 17.8. The van der Waals surface area contributed by atoms with Gasteiger partial charge in [0.2, 0.25) is 11.9 Å². The molecule has 142 valence electrons. The molecule has 0 spiro atoms. The summed E-state index contributed by atoms with van der Waals surface area (Å²) in [6, 6.07) is 9.20. The first-order valence-electron chi connectivity index (χ1n) is 9.19. The van der Waals surface area contributed by atoms with Crippen molar-refractivity contribution in [1.29, 1.82) is 0 Å². The smallest absolute Gasteiger partial charge is 0.269 e. The average molecular weight is 386 g/mol. The fourth-order valence-corrected chi connectivity index (χ4v) is 3.91. The number of carbonyl (C=O) groups excluding carboxylic acids is 2. The van der Waals surface area contributed by atoms with E-state index in [-0.39, 0.29) is 17.6 Å². The summed E-state index contributed by atoms with van der Waals surface area (Å²) in [5.41, 5.74) is 5.38. The van der Waals surface area contributed by atoms with Gasteiger partial charge in [-0.25, -0.2) is 0 Å². The third-order valence-electron chi connectivity index (χ3n) is 4.63. The Labute approximate surface area is 161 Å². The van der Waals surface area contributed by atoms with E-state index < -0.39 is 0 Å². The minimum Gasteiger partial charge on any atom is -0.341 e. The summed E-state index contributed by atoms with van der Waals surface area (Å²) >= 11 is 1.35. The average Bonchev–Trinajstić information content (AvgIpc) is 3.22. The molecule has 1 saturated carbocycles. The first-order valence-corrected chi connectivity index (χ1v) is 10.2. The number of rotatable bonds is 6. The number of hydrogen-bond donors (Lipinski definition) is 2. The Bertz CT molecular complexity index is 815. The molecule has 27 heavy (non-hydrogen) atoms. The number of amides is 2. The molecule has 1 aliphatic heterocycles. The van der Waals surface area contributed by atoms with Crippen LogP contribution in [0.2, 0.25) is 0 Å². The van der Waals surface area contributed by atoms with Crippen molar-refractivity contribution in [2.45, 2.75) is 36.9 Å². The SMILES string of the molecule is O=C(CSc1nnc(N2CCCC2)n1C1CC1)NNC(=O)c1ccccc1. The van der Waals surface area contributed by atoms with E-state index in [1.807, 2.05) is 6.07 Å². The Balaban J connectivity index is 1.32. The van der Waals surface area contributed by atoms with Crippen LogP contribution in [0, 0.1) is 0 Å². The van der Waals surface area contributed by atoms with Crippen LogP contribution in [0.15, 0.2) is 35.5 Å². The summed E-state index contributed by atoms with van der Waals surface area (Å²) in [7, 11) is 0. The van der Waals surface area contributed by atoms with Gasteiger partial charge in [-0.2, -0.15) is 0 Å². The molecule has 1 saturated heterocycles. The van der Waals surface area contributed by atoms with Gasteiger partial charge in [-0.1, -0.05) is 30.0 Å². The van der Waals surface area contributed by atoms with Crippen molar-refractivity contribution < 1.29 is 9.59 Å². The van der Waals surface area contributed by atoms with Gasteiger partial charge < -0.3 is 4.90 Å². The topological polar surface area (TPSA) is 92.2 Å².